The van der Waals surface area contributed by atoms with Crippen LogP contribution in [0.2, 0.25) is 0 Å². The van der Waals surface area contributed by atoms with E-state index in [0.29, 0.717) is 0 Å². The van der Waals surface area contributed by atoms with Gasteiger partial charge in [0.05, 0.1) is 37.6 Å². The first-order valence-electron chi connectivity index (χ1n) is 8.66. The topological polar surface area (TPSA) is 77.4 Å². The molecule has 2 aliphatic heterocycles. The summed E-state index contributed by atoms with van der Waals surface area (Å²) in [6, 6.07) is 0. The number of ether oxygens (including phenoxy) is 4. The Hall–Kier alpha value is -0.240. The Balaban J connectivity index is 1.77. The Morgan fingerprint density at radius 2 is 1.04 bits per heavy atom. The van der Waals surface area contributed by atoms with Crippen molar-refractivity contribution in [3.8, 4) is 0 Å². The van der Waals surface area contributed by atoms with Crippen LogP contribution in [0.3, 0.4) is 0 Å². The van der Waals surface area contributed by atoms with Gasteiger partial charge in [-0.3, -0.25) is 0 Å². The number of hydrogen-bond acceptors (Lipinski definition) is 6. The van der Waals surface area contributed by atoms with Gasteiger partial charge in [0.2, 0.25) is 0 Å². The molecule has 0 aromatic heterocycles. The minimum atomic E-state index is -0.643. The maximum atomic E-state index is 9.35. The molecule has 0 saturated carbocycles. The van der Waals surface area contributed by atoms with Gasteiger partial charge in [-0.05, 0) is 47.0 Å². The van der Waals surface area contributed by atoms with Crippen LogP contribution in [-0.4, -0.2) is 59.4 Å². The second-order valence-electron chi connectivity index (χ2n) is 7.53. The van der Waals surface area contributed by atoms with Crippen molar-refractivity contribution >= 4 is 0 Å². The highest BCUT2D eigenvalue weighted by Gasteiger charge is 2.37. The molecule has 0 aliphatic carbocycles. The average Bonchev–Trinajstić information content (AvgIpc) is 2.43. The van der Waals surface area contributed by atoms with Crippen LogP contribution in [0.1, 0.15) is 59.8 Å². The van der Waals surface area contributed by atoms with E-state index >= 15 is 0 Å². The lowest BCUT2D eigenvalue weighted by atomic mass is 9.99. The molecule has 0 aromatic rings. The van der Waals surface area contributed by atoms with Crippen molar-refractivity contribution in [1.82, 2.24) is 0 Å². The summed E-state index contributed by atoms with van der Waals surface area (Å²) in [7, 11) is 0. The van der Waals surface area contributed by atoms with Gasteiger partial charge in [-0.1, -0.05) is 0 Å². The summed E-state index contributed by atoms with van der Waals surface area (Å²) in [6.07, 6.45) is 4.12. The van der Waals surface area contributed by atoms with E-state index < -0.39 is 11.6 Å². The summed E-state index contributed by atoms with van der Waals surface area (Å²) in [4.78, 5) is 0. The molecule has 2 saturated heterocycles. The van der Waals surface area contributed by atoms with Crippen molar-refractivity contribution in [1.29, 1.82) is 0 Å². The van der Waals surface area contributed by atoms with Crippen molar-refractivity contribution in [3.63, 3.8) is 0 Å². The number of rotatable bonds is 6. The highest BCUT2D eigenvalue weighted by Crippen LogP contribution is 2.32. The Morgan fingerprint density at radius 3 is 1.39 bits per heavy atom. The molecule has 0 radical (unpaired) electrons. The van der Waals surface area contributed by atoms with E-state index in [1.165, 1.54) is 0 Å². The summed E-state index contributed by atoms with van der Waals surface area (Å²) in [5.74, 6) is -1.29. The van der Waals surface area contributed by atoms with Gasteiger partial charge in [0.25, 0.3) is 0 Å². The maximum absolute atomic E-state index is 9.35. The molecule has 6 nitrogen and oxygen atoms in total. The maximum Gasteiger partial charge on any atom is 0.163 e. The van der Waals surface area contributed by atoms with Crippen LogP contribution >= 0.6 is 0 Å². The van der Waals surface area contributed by atoms with Gasteiger partial charge >= 0.3 is 0 Å². The molecule has 0 aromatic carbocycles. The van der Waals surface area contributed by atoms with E-state index in [1.807, 2.05) is 27.7 Å². The fourth-order valence-electron chi connectivity index (χ4n) is 3.59. The number of aliphatic hydroxyl groups excluding tert-OH is 2. The quantitative estimate of drug-likeness (QED) is 0.774. The van der Waals surface area contributed by atoms with E-state index in [2.05, 4.69) is 0 Å². The van der Waals surface area contributed by atoms with Gasteiger partial charge in [0.1, 0.15) is 0 Å². The fraction of sp³-hybridized carbons (Fsp3) is 1.00. The first-order chi connectivity index (χ1) is 10.7. The largest absolute Gasteiger partial charge is 0.394 e. The molecule has 0 bridgehead atoms. The first-order valence-corrected chi connectivity index (χ1v) is 8.66. The van der Waals surface area contributed by atoms with Crippen molar-refractivity contribution in [2.24, 2.45) is 0 Å². The van der Waals surface area contributed by atoms with Crippen molar-refractivity contribution in [3.05, 3.63) is 0 Å². The minimum Gasteiger partial charge on any atom is -0.394 e. The van der Waals surface area contributed by atoms with Gasteiger partial charge in [0, 0.05) is 12.8 Å². The fourth-order valence-corrected chi connectivity index (χ4v) is 3.59. The van der Waals surface area contributed by atoms with Crippen LogP contribution in [-0.2, 0) is 18.9 Å². The van der Waals surface area contributed by atoms with Crippen LogP contribution in [0.15, 0.2) is 0 Å². The highest BCUT2D eigenvalue weighted by molar-refractivity contribution is 4.79. The van der Waals surface area contributed by atoms with Gasteiger partial charge < -0.3 is 29.2 Å². The average molecular weight is 332 g/mol. The molecule has 2 fully saturated rings. The molecule has 6 heteroatoms. The zero-order chi connectivity index (χ0) is 17.1. The van der Waals surface area contributed by atoms with Gasteiger partial charge in [0.15, 0.2) is 11.6 Å². The Kier molecular flexibility index (Phi) is 6.44. The lowest BCUT2D eigenvalue weighted by molar-refractivity contribution is -0.308. The van der Waals surface area contributed by atoms with Crippen molar-refractivity contribution in [2.45, 2.75) is 95.8 Å². The van der Waals surface area contributed by atoms with Crippen molar-refractivity contribution in [2.75, 3.05) is 13.2 Å². The predicted molar refractivity (Wildman–Crippen MR) is 84.9 cm³/mol. The molecule has 136 valence electrons. The van der Waals surface area contributed by atoms with Crippen molar-refractivity contribution < 1.29 is 29.2 Å². The summed E-state index contributed by atoms with van der Waals surface area (Å²) in [5, 5.41) is 18.7. The summed E-state index contributed by atoms with van der Waals surface area (Å²) in [5.41, 5.74) is 0. The molecule has 0 amide bonds. The van der Waals surface area contributed by atoms with E-state index in [4.69, 9.17) is 18.9 Å². The van der Waals surface area contributed by atoms with Crippen LogP contribution in [0.4, 0.5) is 0 Å². The lowest BCUT2D eigenvalue weighted by Crippen LogP contribution is -2.46. The first kappa shape index (κ1) is 19.1. The monoisotopic (exact) mass is 332 g/mol. The molecule has 23 heavy (non-hydrogen) atoms. The molecule has 2 N–H and O–H groups in total. The van der Waals surface area contributed by atoms with Crippen LogP contribution < -0.4 is 0 Å². The normalized spacial score (nSPS) is 36.8. The predicted octanol–water partition coefficient (Wildman–Crippen LogP) is 1.96. The van der Waals surface area contributed by atoms with Crippen LogP contribution in [0.5, 0.6) is 0 Å². The molecule has 2 rings (SSSR count). The number of hydrogen-bond donors (Lipinski definition) is 2. The lowest BCUT2D eigenvalue weighted by Gasteiger charge is -2.41. The van der Waals surface area contributed by atoms with Gasteiger partial charge in [-0.2, -0.15) is 0 Å². The molecule has 4 atom stereocenters. The third-order valence-electron chi connectivity index (χ3n) is 4.31. The van der Waals surface area contributed by atoms with E-state index in [9.17, 15) is 10.2 Å². The molecule has 2 heterocycles. The molecule has 0 unspecified atom stereocenters. The smallest absolute Gasteiger partial charge is 0.163 e. The van der Waals surface area contributed by atoms with Gasteiger partial charge in [-0.25, -0.2) is 0 Å². The Labute approximate surface area is 139 Å². The molecular weight excluding hydrogens is 300 g/mol. The molecule has 0 spiro atoms. The second-order valence-corrected chi connectivity index (χ2v) is 7.53. The second kappa shape index (κ2) is 7.76. The Morgan fingerprint density at radius 1 is 0.696 bits per heavy atom. The zero-order valence-electron chi connectivity index (χ0n) is 14.8. The van der Waals surface area contributed by atoms with E-state index in [0.717, 1.165) is 32.1 Å². The standard InChI is InChI=1S/C17H32O6/c1-16(2)20-12(8-14(10-18)22-16)6-5-7-13-9-15(11-19)23-17(3,4)21-13/h12-15,18-19H,5-11H2,1-4H3/t12-,13-,14-,15-/m0/s1. The highest BCUT2D eigenvalue weighted by atomic mass is 16.7. The molecule has 2 aliphatic rings. The minimum absolute atomic E-state index is 0.0265. The summed E-state index contributed by atoms with van der Waals surface area (Å²) in [6.45, 7) is 7.60. The zero-order valence-corrected chi connectivity index (χ0v) is 14.8. The SMILES string of the molecule is CC1(C)O[C@H](CO)C[C@H](CCC[C@H]2C[C@@H](CO)OC(C)(C)O2)O1. The van der Waals surface area contributed by atoms with E-state index in [-0.39, 0.29) is 37.6 Å². The van der Waals surface area contributed by atoms with Gasteiger partial charge in [-0.15, -0.1) is 0 Å². The molecular formula is C17H32O6. The Bertz CT molecular complexity index is 336. The third-order valence-corrected chi connectivity index (χ3v) is 4.31. The van der Waals surface area contributed by atoms with Crippen LogP contribution in [0.25, 0.3) is 0 Å². The summed E-state index contributed by atoms with van der Waals surface area (Å²) < 4.78 is 23.2. The number of aliphatic hydroxyl groups is 2. The summed E-state index contributed by atoms with van der Waals surface area (Å²) >= 11 is 0. The van der Waals surface area contributed by atoms with Crippen LogP contribution in [0, 0.1) is 0 Å². The third kappa shape index (κ3) is 5.96. The van der Waals surface area contributed by atoms with E-state index in [1.54, 1.807) is 0 Å².